The number of oxime groups is 1. The highest BCUT2D eigenvalue weighted by Crippen LogP contribution is 2.29. The van der Waals surface area contributed by atoms with Crippen molar-refractivity contribution in [3.63, 3.8) is 0 Å². The molecule has 0 saturated carbocycles. The van der Waals surface area contributed by atoms with E-state index in [2.05, 4.69) is 25.1 Å². The minimum atomic E-state index is -4.71. The zero-order valence-electron chi connectivity index (χ0n) is 16.7. The molecule has 0 radical (unpaired) electrons. The molecule has 1 aromatic heterocycles. The van der Waals surface area contributed by atoms with E-state index >= 15 is 0 Å². The van der Waals surface area contributed by atoms with Crippen LogP contribution in [0.4, 0.5) is 13.2 Å². The van der Waals surface area contributed by atoms with Crippen LogP contribution in [0.1, 0.15) is 34.3 Å². The summed E-state index contributed by atoms with van der Waals surface area (Å²) in [5, 5.41) is 9.96. The number of rotatable bonds is 7. The van der Waals surface area contributed by atoms with Crippen LogP contribution in [0.3, 0.4) is 0 Å². The Hall–Kier alpha value is -3.69. The zero-order chi connectivity index (χ0) is 22.4. The van der Waals surface area contributed by atoms with Crippen LogP contribution in [0.5, 0.6) is 0 Å². The Labute approximate surface area is 175 Å². The fraction of sp³-hybridized carbons (Fsp3) is 0.238. The Kier molecular flexibility index (Phi) is 6.68. The van der Waals surface area contributed by atoms with Gasteiger partial charge in [0, 0.05) is 11.1 Å². The second-order valence-electron chi connectivity index (χ2n) is 6.77. The largest absolute Gasteiger partial charge is 0.471 e. The van der Waals surface area contributed by atoms with Crippen molar-refractivity contribution in [1.29, 1.82) is 0 Å². The van der Waals surface area contributed by atoms with Crippen molar-refractivity contribution in [2.45, 2.75) is 26.6 Å². The van der Waals surface area contributed by atoms with Gasteiger partial charge in [-0.25, -0.2) is 0 Å². The summed E-state index contributed by atoms with van der Waals surface area (Å²) in [6, 6.07) is 13.6. The van der Waals surface area contributed by atoms with E-state index in [4.69, 9.17) is 4.84 Å². The van der Waals surface area contributed by atoms with Crippen molar-refractivity contribution in [2.75, 3.05) is 6.54 Å². The fourth-order valence-electron chi connectivity index (χ4n) is 2.47. The van der Waals surface area contributed by atoms with Gasteiger partial charge in [-0.15, -0.1) is 0 Å². The van der Waals surface area contributed by atoms with Gasteiger partial charge < -0.3 is 14.7 Å². The molecule has 2 aromatic carbocycles. The lowest BCUT2D eigenvalue weighted by Gasteiger charge is -2.06. The third-order valence-corrected chi connectivity index (χ3v) is 4.15. The third kappa shape index (κ3) is 6.14. The maximum atomic E-state index is 12.5. The summed E-state index contributed by atoms with van der Waals surface area (Å²) in [6.07, 6.45) is -4.71. The standard InChI is InChI=1S/C21H19F3N4O3/c1-13-3-5-15(6-4-13)12-30-27-14(2)11-25-19(29)17-9-7-16(8-10-17)18-26-20(31-28-18)21(22,23)24/h3-10H,11-12H2,1-2H3,(H,25,29)/b27-14+. The number of carbonyl (C=O) groups excluding carboxylic acids is 1. The molecule has 1 heterocycles. The summed E-state index contributed by atoms with van der Waals surface area (Å²) in [5.74, 6) is -2.01. The summed E-state index contributed by atoms with van der Waals surface area (Å²) in [6.45, 7) is 4.21. The van der Waals surface area contributed by atoms with Crippen LogP contribution in [-0.2, 0) is 17.6 Å². The first-order valence-corrected chi connectivity index (χ1v) is 9.23. The highest BCUT2D eigenvalue weighted by atomic mass is 19.4. The van der Waals surface area contributed by atoms with Gasteiger partial charge in [0.25, 0.3) is 5.91 Å². The van der Waals surface area contributed by atoms with E-state index in [9.17, 15) is 18.0 Å². The SMILES string of the molecule is C/C(CNC(=O)c1ccc(-c2noc(C(F)(F)F)n2)cc1)=N\OCc1ccc(C)cc1. The second-order valence-corrected chi connectivity index (χ2v) is 6.77. The summed E-state index contributed by atoms with van der Waals surface area (Å²) in [5.41, 5.74) is 3.32. The van der Waals surface area contributed by atoms with Gasteiger partial charge in [0.15, 0.2) is 0 Å². The Morgan fingerprint density at radius 2 is 1.81 bits per heavy atom. The van der Waals surface area contributed by atoms with Crippen LogP contribution < -0.4 is 5.32 Å². The maximum absolute atomic E-state index is 12.5. The van der Waals surface area contributed by atoms with Gasteiger partial charge in [-0.1, -0.05) is 52.3 Å². The first kappa shape index (κ1) is 22.0. The first-order chi connectivity index (χ1) is 14.7. The molecule has 162 valence electrons. The predicted octanol–water partition coefficient (Wildman–Crippen LogP) is 4.39. The van der Waals surface area contributed by atoms with E-state index < -0.39 is 12.1 Å². The molecular formula is C21H19F3N4O3. The maximum Gasteiger partial charge on any atom is 0.471 e. The van der Waals surface area contributed by atoms with Crippen molar-refractivity contribution in [2.24, 2.45) is 5.16 Å². The third-order valence-electron chi connectivity index (χ3n) is 4.15. The molecule has 1 amide bonds. The Balaban J connectivity index is 1.51. The molecular weight excluding hydrogens is 413 g/mol. The van der Waals surface area contributed by atoms with Crippen LogP contribution in [0.2, 0.25) is 0 Å². The van der Waals surface area contributed by atoms with Gasteiger partial charge in [-0.05, 0) is 31.5 Å². The quantitative estimate of drug-likeness (QED) is 0.442. The minimum absolute atomic E-state index is 0.175. The Morgan fingerprint density at radius 3 is 2.42 bits per heavy atom. The Morgan fingerprint density at radius 1 is 1.13 bits per heavy atom. The molecule has 0 bridgehead atoms. The van der Waals surface area contributed by atoms with Gasteiger partial charge in [0.05, 0.1) is 12.3 Å². The van der Waals surface area contributed by atoms with Crippen LogP contribution in [0.25, 0.3) is 11.4 Å². The molecule has 7 nitrogen and oxygen atoms in total. The molecule has 0 saturated heterocycles. The molecule has 3 rings (SSSR count). The van der Waals surface area contributed by atoms with Crippen molar-refractivity contribution < 1.29 is 27.3 Å². The molecule has 0 fully saturated rings. The normalized spacial score (nSPS) is 12.0. The number of aromatic nitrogens is 2. The highest BCUT2D eigenvalue weighted by Gasteiger charge is 2.38. The second kappa shape index (κ2) is 9.41. The van der Waals surface area contributed by atoms with Gasteiger partial charge in [0.2, 0.25) is 5.82 Å². The molecule has 0 aliphatic heterocycles. The van der Waals surface area contributed by atoms with E-state index in [0.717, 1.165) is 11.1 Å². The number of nitrogens with one attached hydrogen (secondary N) is 1. The van der Waals surface area contributed by atoms with Gasteiger partial charge in [-0.2, -0.15) is 18.2 Å². The highest BCUT2D eigenvalue weighted by molar-refractivity contribution is 5.97. The number of amides is 1. The summed E-state index contributed by atoms with van der Waals surface area (Å²) >= 11 is 0. The lowest BCUT2D eigenvalue weighted by molar-refractivity contribution is -0.159. The number of alkyl halides is 3. The van der Waals surface area contributed by atoms with Crippen LogP contribution >= 0.6 is 0 Å². The molecule has 0 atom stereocenters. The van der Waals surface area contributed by atoms with Crippen LogP contribution in [-0.4, -0.2) is 28.3 Å². The van der Waals surface area contributed by atoms with Gasteiger partial charge >= 0.3 is 12.1 Å². The van der Waals surface area contributed by atoms with Crippen molar-refractivity contribution >= 4 is 11.6 Å². The zero-order valence-corrected chi connectivity index (χ0v) is 16.7. The molecule has 31 heavy (non-hydrogen) atoms. The summed E-state index contributed by atoms with van der Waals surface area (Å²) in [4.78, 5) is 20.8. The molecule has 3 aromatic rings. The Bertz CT molecular complexity index is 1060. The molecule has 0 spiro atoms. The monoisotopic (exact) mass is 432 g/mol. The topological polar surface area (TPSA) is 89.6 Å². The van der Waals surface area contributed by atoms with E-state index in [-0.39, 0.29) is 23.8 Å². The number of benzene rings is 2. The lowest BCUT2D eigenvalue weighted by atomic mass is 10.1. The molecule has 1 N–H and O–H groups in total. The summed E-state index contributed by atoms with van der Waals surface area (Å²) in [7, 11) is 0. The van der Waals surface area contributed by atoms with E-state index in [1.54, 1.807) is 6.92 Å². The molecule has 0 aliphatic carbocycles. The number of aryl methyl sites for hydroxylation is 1. The average molecular weight is 432 g/mol. The molecule has 0 unspecified atom stereocenters. The molecule has 10 heteroatoms. The van der Waals surface area contributed by atoms with Crippen molar-refractivity contribution in [3.05, 3.63) is 71.1 Å². The summed E-state index contributed by atoms with van der Waals surface area (Å²) < 4.78 is 41.8. The number of hydrogen-bond acceptors (Lipinski definition) is 6. The average Bonchev–Trinajstić information content (AvgIpc) is 3.24. The van der Waals surface area contributed by atoms with E-state index in [0.29, 0.717) is 17.9 Å². The van der Waals surface area contributed by atoms with Crippen LogP contribution in [0, 0.1) is 6.92 Å². The van der Waals surface area contributed by atoms with E-state index in [1.165, 1.54) is 24.3 Å². The molecule has 0 aliphatic rings. The van der Waals surface area contributed by atoms with Gasteiger partial charge in [-0.3, -0.25) is 4.79 Å². The number of carbonyl (C=O) groups is 1. The smallest absolute Gasteiger partial charge is 0.391 e. The lowest BCUT2D eigenvalue weighted by Crippen LogP contribution is -2.28. The first-order valence-electron chi connectivity index (χ1n) is 9.23. The fourth-order valence-corrected chi connectivity index (χ4v) is 2.47. The predicted molar refractivity (Wildman–Crippen MR) is 106 cm³/mol. The number of halogens is 3. The van der Waals surface area contributed by atoms with Gasteiger partial charge in [0.1, 0.15) is 6.61 Å². The van der Waals surface area contributed by atoms with E-state index in [1.807, 2.05) is 31.2 Å². The van der Waals surface area contributed by atoms with Crippen molar-refractivity contribution in [1.82, 2.24) is 15.5 Å². The van der Waals surface area contributed by atoms with Crippen molar-refractivity contribution in [3.8, 4) is 11.4 Å². The minimum Gasteiger partial charge on any atom is -0.391 e. The number of hydrogen-bond donors (Lipinski definition) is 1. The van der Waals surface area contributed by atoms with Crippen LogP contribution in [0.15, 0.2) is 58.2 Å². The number of nitrogens with zero attached hydrogens (tertiary/aromatic N) is 3.